The number of hydrogen-bond donors (Lipinski definition) is 2. The summed E-state index contributed by atoms with van der Waals surface area (Å²) in [6.07, 6.45) is 4.53. The molecule has 1 atom stereocenters. The summed E-state index contributed by atoms with van der Waals surface area (Å²) >= 11 is 0. The lowest BCUT2D eigenvalue weighted by molar-refractivity contribution is 0.272. The molecular formula is C16H23N3. The van der Waals surface area contributed by atoms with Gasteiger partial charge >= 0.3 is 0 Å². The Bertz CT molecular complexity index is 570. The Balaban J connectivity index is 1.89. The maximum absolute atomic E-state index is 3.59. The van der Waals surface area contributed by atoms with Crippen LogP contribution in [-0.2, 0) is 0 Å². The third-order valence-electron chi connectivity index (χ3n) is 4.32. The largest absolute Gasteiger partial charge is 0.370 e. The van der Waals surface area contributed by atoms with Gasteiger partial charge in [-0.15, -0.1) is 0 Å². The third-order valence-corrected chi connectivity index (χ3v) is 4.32. The van der Waals surface area contributed by atoms with Gasteiger partial charge < -0.3 is 15.2 Å². The average Bonchev–Trinajstić information content (AvgIpc) is 2.80. The van der Waals surface area contributed by atoms with Crippen LogP contribution in [0.15, 0.2) is 30.5 Å². The second kappa shape index (κ2) is 4.57. The predicted molar refractivity (Wildman–Crippen MR) is 81.8 cm³/mol. The molecule has 2 N–H and O–H groups in total. The SMILES string of the molecule is CN(c1c[nH]c2ccccc12)C1CCNC(C)(C)C1. The Morgan fingerprint density at radius 2 is 2.05 bits per heavy atom. The lowest BCUT2D eigenvalue weighted by Crippen LogP contribution is -2.52. The molecular weight excluding hydrogens is 234 g/mol. The minimum Gasteiger partial charge on any atom is -0.370 e. The zero-order chi connectivity index (χ0) is 13.5. The van der Waals surface area contributed by atoms with Crippen LogP contribution in [-0.4, -0.2) is 30.2 Å². The minimum absolute atomic E-state index is 0.239. The van der Waals surface area contributed by atoms with Gasteiger partial charge in [-0.05, 0) is 39.3 Å². The number of nitrogens with zero attached hydrogens (tertiary/aromatic N) is 1. The Hall–Kier alpha value is -1.48. The molecule has 1 aromatic heterocycles. The molecule has 0 spiro atoms. The van der Waals surface area contributed by atoms with Gasteiger partial charge in [-0.2, -0.15) is 0 Å². The first-order chi connectivity index (χ1) is 9.07. The number of para-hydroxylation sites is 1. The van der Waals surface area contributed by atoms with E-state index in [4.69, 9.17) is 0 Å². The van der Waals surface area contributed by atoms with Crippen molar-refractivity contribution in [3.05, 3.63) is 30.5 Å². The highest BCUT2D eigenvalue weighted by molar-refractivity contribution is 5.92. The topological polar surface area (TPSA) is 31.1 Å². The number of aromatic nitrogens is 1. The van der Waals surface area contributed by atoms with Crippen LogP contribution >= 0.6 is 0 Å². The highest BCUT2D eigenvalue weighted by Crippen LogP contribution is 2.31. The second-order valence-electron chi connectivity index (χ2n) is 6.29. The van der Waals surface area contributed by atoms with E-state index in [0.717, 1.165) is 6.54 Å². The number of fused-ring (bicyclic) bond motifs is 1. The summed E-state index contributed by atoms with van der Waals surface area (Å²) in [6, 6.07) is 9.13. The van der Waals surface area contributed by atoms with Crippen LogP contribution in [0.1, 0.15) is 26.7 Å². The lowest BCUT2D eigenvalue weighted by atomic mass is 9.88. The smallest absolute Gasteiger partial charge is 0.0623 e. The molecule has 102 valence electrons. The summed E-state index contributed by atoms with van der Waals surface area (Å²) in [6.45, 7) is 5.69. The van der Waals surface area contributed by atoms with E-state index < -0.39 is 0 Å². The predicted octanol–water partition coefficient (Wildman–Crippen LogP) is 3.13. The number of rotatable bonds is 2. The number of benzene rings is 1. The first-order valence-electron chi connectivity index (χ1n) is 7.11. The number of piperidine rings is 1. The fraction of sp³-hybridized carbons (Fsp3) is 0.500. The zero-order valence-electron chi connectivity index (χ0n) is 12.0. The van der Waals surface area contributed by atoms with Crippen molar-refractivity contribution in [1.82, 2.24) is 10.3 Å². The molecule has 1 fully saturated rings. The molecule has 0 amide bonds. The molecule has 0 saturated carbocycles. The van der Waals surface area contributed by atoms with Crippen molar-refractivity contribution in [2.75, 3.05) is 18.5 Å². The Labute approximate surface area is 115 Å². The molecule has 0 bridgehead atoms. The lowest BCUT2D eigenvalue weighted by Gasteiger charge is -2.41. The number of anilines is 1. The van der Waals surface area contributed by atoms with Crippen LogP contribution in [0, 0.1) is 0 Å². The Morgan fingerprint density at radius 1 is 1.26 bits per heavy atom. The van der Waals surface area contributed by atoms with Crippen LogP contribution < -0.4 is 10.2 Å². The number of H-pyrrole nitrogens is 1. The molecule has 1 saturated heterocycles. The van der Waals surface area contributed by atoms with Crippen molar-refractivity contribution in [2.24, 2.45) is 0 Å². The molecule has 3 nitrogen and oxygen atoms in total. The first-order valence-corrected chi connectivity index (χ1v) is 7.11. The van der Waals surface area contributed by atoms with E-state index in [1.165, 1.54) is 29.4 Å². The van der Waals surface area contributed by atoms with Gasteiger partial charge in [0.2, 0.25) is 0 Å². The van der Waals surface area contributed by atoms with E-state index in [1.54, 1.807) is 0 Å². The van der Waals surface area contributed by atoms with Crippen molar-refractivity contribution in [1.29, 1.82) is 0 Å². The van der Waals surface area contributed by atoms with Gasteiger partial charge in [0.1, 0.15) is 0 Å². The fourth-order valence-electron chi connectivity index (χ4n) is 3.22. The summed E-state index contributed by atoms with van der Waals surface area (Å²) < 4.78 is 0. The van der Waals surface area contributed by atoms with Gasteiger partial charge in [-0.25, -0.2) is 0 Å². The maximum atomic E-state index is 3.59. The van der Waals surface area contributed by atoms with Crippen LogP contribution in [0.5, 0.6) is 0 Å². The zero-order valence-corrected chi connectivity index (χ0v) is 12.0. The quantitative estimate of drug-likeness (QED) is 0.866. The third kappa shape index (κ3) is 2.35. The standard InChI is InChI=1S/C16H23N3/c1-16(2)10-12(8-9-18-16)19(3)15-11-17-14-7-5-4-6-13(14)15/h4-7,11-12,17-18H,8-10H2,1-3H3. The fourth-order valence-corrected chi connectivity index (χ4v) is 3.22. The van der Waals surface area contributed by atoms with Crippen LogP contribution in [0.2, 0.25) is 0 Å². The molecule has 2 aromatic rings. The molecule has 2 heterocycles. The Morgan fingerprint density at radius 3 is 2.84 bits per heavy atom. The van der Waals surface area contributed by atoms with Gasteiger partial charge in [-0.3, -0.25) is 0 Å². The van der Waals surface area contributed by atoms with E-state index in [0.29, 0.717) is 6.04 Å². The maximum Gasteiger partial charge on any atom is 0.0623 e. The van der Waals surface area contributed by atoms with Gasteiger partial charge in [0.05, 0.1) is 5.69 Å². The molecule has 1 aliphatic heterocycles. The Kier molecular flexibility index (Phi) is 3.02. The van der Waals surface area contributed by atoms with E-state index in [9.17, 15) is 0 Å². The van der Waals surface area contributed by atoms with Gasteiger partial charge in [0, 0.05) is 35.7 Å². The molecule has 1 aliphatic rings. The summed E-state index contributed by atoms with van der Waals surface area (Å²) in [5, 5.41) is 4.91. The first kappa shape index (κ1) is 12.5. The van der Waals surface area contributed by atoms with Crippen molar-refractivity contribution in [3.63, 3.8) is 0 Å². The molecule has 1 aromatic carbocycles. The second-order valence-corrected chi connectivity index (χ2v) is 6.29. The van der Waals surface area contributed by atoms with E-state index in [2.05, 4.69) is 66.6 Å². The molecule has 0 radical (unpaired) electrons. The summed E-state index contributed by atoms with van der Waals surface area (Å²) in [4.78, 5) is 5.82. The van der Waals surface area contributed by atoms with Crippen LogP contribution in [0.3, 0.4) is 0 Å². The molecule has 3 rings (SSSR count). The number of hydrogen-bond acceptors (Lipinski definition) is 2. The van der Waals surface area contributed by atoms with Gasteiger partial charge in [0.25, 0.3) is 0 Å². The summed E-state index contributed by atoms with van der Waals surface area (Å²) in [5.41, 5.74) is 2.78. The number of aromatic amines is 1. The van der Waals surface area contributed by atoms with Gasteiger partial charge in [-0.1, -0.05) is 18.2 Å². The van der Waals surface area contributed by atoms with Crippen molar-refractivity contribution in [2.45, 2.75) is 38.3 Å². The average molecular weight is 257 g/mol. The van der Waals surface area contributed by atoms with E-state index >= 15 is 0 Å². The highest BCUT2D eigenvalue weighted by atomic mass is 15.2. The molecule has 0 aliphatic carbocycles. The van der Waals surface area contributed by atoms with Crippen molar-refractivity contribution < 1.29 is 0 Å². The molecule has 19 heavy (non-hydrogen) atoms. The van der Waals surface area contributed by atoms with Crippen LogP contribution in [0.4, 0.5) is 5.69 Å². The molecule has 1 unspecified atom stereocenters. The number of nitrogens with one attached hydrogen (secondary N) is 2. The normalized spacial score (nSPS) is 22.6. The van der Waals surface area contributed by atoms with Crippen LogP contribution in [0.25, 0.3) is 10.9 Å². The highest BCUT2D eigenvalue weighted by Gasteiger charge is 2.30. The summed E-state index contributed by atoms with van der Waals surface area (Å²) in [5.74, 6) is 0. The summed E-state index contributed by atoms with van der Waals surface area (Å²) in [7, 11) is 2.22. The molecule has 3 heteroatoms. The minimum atomic E-state index is 0.239. The van der Waals surface area contributed by atoms with Crippen molar-refractivity contribution >= 4 is 16.6 Å². The van der Waals surface area contributed by atoms with Crippen molar-refractivity contribution in [3.8, 4) is 0 Å². The monoisotopic (exact) mass is 257 g/mol. The van der Waals surface area contributed by atoms with E-state index in [-0.39, 0.29) is 5.54 Å². The van der Waals surface area contributed by atoms with Gasteiger partial charge in [0.15, 0.2) is 0 Å². The van der Waals surface area contributed by atoms with E-state index in [1.807, 2.05) is 0 Å².